The van der Waals surface area contributed by atoms with Gasteiger partial charge in [-0.15, -0.1) is 0 Å². The second-order valence-corrected chi connectivity index (χ2v) is 4.03. The van der Waals surface area contributed by atoms with Crippen molar-refractivity contribution in [3.05, 3.63) is 54.1 Å². The summed E-state index contributed by atoms with van der Waals surface area (Å²) in [5.74, 6) is 0.856. The van der Waals surface area contributed by atoms with Gasteiger partial charge in [-0.3, -0.25) is 0 Å². The van der Waals surface area contributed by atoms with E-state index in [4.69, 9.17) is 4.74 Å². The lowest BCUT2D eigenvalue weighted by Gasteiger charge is -2.07. The summed E-state index contributed by atoms with van der Waals surface area (Å²) in [6.45, 7) is 1.77. The van der Waals surface area contributed by atoms with Crippen LogP contribution < -0.4 is 4.74 Å². The third-order valence-corrected chi connectivity index (χ3v) is 2.82. The maximum absolute atomic E-state index is 9.44. The first kappa shape index (κ1) is 11.7. The Kier molecular flexibility index (Phi) is 3.45. The maximum atomic E-state index is 9.44. The largest absolute Gasteiger partial charge is 0.497 e. The Morgan fingerprint density at radius 3 is 1.76 bits per heavy atom. The topological polar surface area (TPSA) is 29.5 Å². The van der Waals surface area contributed by atoms with Crippen molar-refractivity contribution in [2.45, 2.75) is 13.0 Å². The number of hydrogen-bond acceptors (Lipinski definition) is 2. The average Bonchev–Trinajstić information content (AvgIpc) is 2.39. The SMILES string of the molecule is COc1ccc(-c2ccc([C@H](C)O)cc2)cc1. The summed E-state index contributed by atoms with van der Waals surface area (Å²) in [4.78, 5) is 0. The van der Waals surface area contributed by atoms with Crippen LogP contribution in [0.4, 0.5) is 0 Å². The van der Waals surface area contributed by atoms with Gasteiger partial charge in [-0.2, -0.15) is 0 Å². The van der Waals surface area contributed by atoms with Crippen LogP contribution in [0.2, 0.25) is 0 Å². The van der Waals surface area contributed by atoms with Crippen molar-refractivity contribution < 1.29 is 9.84 Å². The Morgan fingerprint density at radius 2 is 1.35 bits per heavy atom. The molecule has 0 amide bonds. The lowest BCUT2D eigenvalue weighted by molar-refractivity contribution is 0.199. The van der Waals surface area contributed by atoms with Crippen LogP contribution in [0.25, 0.3) is 11.1 Å². The number of hydrogen-bond donors (Lipinski definition) is 1. The lowest BCUT2D eigenvalue weighted by atomic mass is 10.0. The molecule has 2 aromatic carbocycles. The van der Waals surface area contributed by atoms with Gasteiger partial charge in [0.1, 0.15) is 5.75 Å². The molecule has 0 radical (unpaired) electrons. The van der Waals surface area contributed by atoms with Crippen molar-refractivity contribution in [1.82, 2.24) is 0 Å². The summed E-state index contributed by atoms with van der Waals surface area (Å²) in [5.41, 5.74) is 3.21. The highest BCUT2D eigenvalue weighted by Gasteiger charge is 2.02. The molecule has 0 aliphatic carbocycles. The van der Waals surface area contributed by atoms with E-state index in [1.165, 1.54) is 0 Å². The van der Waals surface area contributed by atoms with Gasteiger partial charge in [0.25, 0.3) is 0 Å². The highest BCUT2D eigenvalue weighted by atomic mass is 16.5. The molecular formula is C15H16O2. The van der Waals surface area contributed by atoms with Crippen LogP contribution in [-0.2, 0) is 0 Å². The second-order valence-electron chi connectivity index (χ2n) is 4.03. The van der Waals surface area contributed by atoms with E-state index in [1.807, 2.05) is 48.5 Å². The van der Waals surface area contributed by atoms with Crippen LogP contribution in [0.1, 0.15) is 18.6 Å². The van der Waals surface area contributed by atoms with Crippen molar-refractivity contribution in [3.63, 3.8) is 0 Å². The molecule has 2 aromatic rings. The Labute approximate surface area is 101 Å². The summed E-state index contributed by atoms with van der Waals surface area (Å²) in [7, 11) is 1.66. The first-order valence-corrected chi connectivity index (χ1v) is 5.63. The average molecular weight is 228 g/mol. The molecule has 0 aliphatic heterocycles. The number of rotatable bonds is 3. The first-order valence-electron chi connectivity index (χ1n) is 5.63. The molecule has 2 heteroatoms. The van der Waals surface area contributed by atoms with E-state index in [9.17, 15) is 5.11 Å². The lowest BCUT2D eigenvalue weighted by Crippen LogP contribution is -1.90. The summed E-state index contributed by atoms with van der Waals surface area (Å²) in [6, 6.07) is 15.9. The van der Waals surface area contributed by atoms with Crippen LogP contribution in [0.5, 0.6) is 5.75 Å². The fourth-order valence-corrected chi connectivity index (χ4v) is 1.74. The van der Waals surface area contributed by atoms with Gasteiger partial charge >= 0.3 is 0 Å². The summed E-state index contributed by atoms with van der Waals surface area (Å²) in [6.07, 6.45) is -0.417. The van der Waals surface area contributed by atoms with Gasteiger partial charge in [0, 0.05) is 0 Å². The number of aliphatic hydroxyl groups is 1. The van der Waals surface area contributed by atoms with Gasteiger partial charge in [0.05, 0.1) is 13.2 Å². The fourth-order valence-electron chi connectivity index (χ4n) is 1.74. The molecule has 0 saturated carbocycles. The standard InChI is InChI=1S/C15H16O2/c1-11(16)12-3-5-13(6-4-12)14-7-9-15(17-2)10-8-14/h3-11,16H,1-2H3/t11-/m0/s1. The third kappa shape index (κ3) is 2.66. The number of aliphatic hydroxyl groups excluding tert-OH is 1. The molecule has 0 bridgehead atoms. The van der Waals surface area contributed by atoms with E-state index in [0.29, 0.717) is 0 Å². The second kappa shape index (κ2) is 5.02. The van der Waals surface area contributed by atoms with Crippen LogP contribution in [-0.4, -0.2) is 12.2 Å². The Morgan fingerprint density at radius 1 is 0.882 bits per heavy atom. The zero-order valence-corrected chi connectivity index (χ0v) is 10.1. The molecule has 0 saturated heterocycles. The van der Waals surface area contributed by atoms with E-state index in [0.717, 1.165) is 22.4 Å². The van der Waals surface area contributed by atoms with Crippen molar-refractivity contribution in [3.8, 4) is 16.9 Å². The molecule has 2 nitrogen and oxygen atoms in total. The van der Waals surface area contributed by atoms with Gasteiger partial charge in [0.15, 0.2) is 0 Å². The van der Waals surface area contributed by atoms with E-state index in [1.54, 1.807) is 14.0 Å². The van der Waals surface area contributed by atoms with Crippen molar-refractivity contribution in [2.75, 3.05) is 7.11 Å². The van der Waals surface area contributed by atoms with Crippen molar-refractivity contribution in [2.24, 2.45) is 0 Å². The van der Waals surface area contributed by atoms with Crippen LogP contribution >= 0.6 is 0 Å². The minimum absolute atomic E-state index is 0.417. The molecule has 0 heterocycles. The van der Waals surface area contributed by atoms with Gasteiger partial charge in [-0.25, -0.2) is 0 Å². The fraction of sp³-hybridized carbons (Fsp3) is 0.200. The van der Waals surface area contributed by atoms with Gasteiger partial charge in [-0.1, -0.05) is 36.4 Å². The highest BCUT2D eigenvalue weighted by Crippen LogP contribution is 2.23. The summed E-state index contributed by atoms with van der Waals surface area (Å²) >= 11 is 0. The van der Waals surface area contributed by atoms with Crippen molar-refractivity contribution in [1.29, 1.82) is 0 Å². The molecular weight excluding hydrogens is 212 g/mol. The monoisotopic (exact) mass is 228 g/mol. The summed E-state index contributed by atoms with van der Waals surface area (Å²) < 4.78 is 5.12. The van der Waals surface area contributed by atoms with Gasteiger partial charge < -0.3 is 9.84 Å². The Balaban J connectivity index is 2.26. The Hall–Kier alpha value is -1.80. The molecule has 2 rings (SSSR count). The molecule has 0 unspecified atom stereocenters. The summed E-state index contributed by atoms with van der Waals surface area (Å²) in [5, 5.41) is 9.44. The third-order valence-electron chi connectivity index (χ3n) is 2.82. The van der Waals surface area contributed by atoms with Gasteiger partial charge in [-0.05, 0) is 35.7 Å². The van der Waals surface area contributed by atoms with E-state index in [-0.39, 0.29) is 0 Å². The minimum atomic E-state index is -0.417. The van der Waals surface area contributed by atoms with Crippen molar-refractivity contribution >= 4 is 0 Å². The molecule has 1 atom stereocenters. The zero-order valence-electron chi connectivity index (χ0n) is 10.1. The molecule has 17 heavy (non-hydrogen) atoms. The molecule has 0 aliphatic rings. The first-order chi connectivity index (χ1) is 8.20. The minimum Gasteiger partial charge on any atom is -0.497 e. The van der Waals surface area contributed by atoms with Crippen LogP contribution in [0.15, 0.2) is 48.5 Å². The molecule has 1 N–H and O–H groups in total. The van der Waals surface area contributed by atoms with Crippen LogP contribution in [0, 0.1) is 0 Å². The molecule has 88 valence electrons. The van der Waals surface area contributed by atoms with Gasteiger partial charge in [0.2, 0.25) is 0 Å². The number of benzene rings is 2. The predicted octanol–water partition coefficient (Wildman–Crippen LogP) is 3.42. The smallest absolute Gasteiger partial charge is 0.118 e. The molecule has 0 spiro atoms. The molecule has 0 fully saturated rings. The van der Waals surface area contributed by atoms with E-state index in [2.05, 4.69) is 0 Å². The number of ether oxygens (including phenoxy) is 1. The van der Waals surface area contributed by atoms with E-state index < -0.39 is 6.10 Å². The quantitative estimate of drug-likeness (QED) is 0.872. The zero-order chi connectivity index (χ0) is 12.3. The maximum Gasteiger partial charge on any atom is 0.118 e. The molecule has 0 aromatic heterocycles. The number of methoxy groups -OCH3 is 1. The normalized spacial score (nSPS) is 12.2. The highest BCUT2D eigenvalue weighted by molar-refractivity contribution is 5.64. The van der Waals surface area contributed by atoms with E-state index >= 15 is 0 Å². The van der Waals surface area contributed by atoms with Crippen LogP contribution in [0.3, 0.4) is 0 Å². The Bertz CT molecular complexity index is 469. The predicted molar refractivity (Wildman–Crippen MR) is 69.1 cm³/mol.